The van der Waals surface area contributed by atoms with E-state index in [1.807, 2.05) is 6.07 Å². The number of para-hydroxylation sites is 1. The van der Waals surface area contributed by atoms with Gasteiger partial charge in [-0.15, -0.1) is 0 Å². The SMILES string of the molecule is O=C(C[C@H](O)c1ccccc1Cl)Oc1ccccc1. The van der Waals surface area contributed by atoms with Gasteiger partial charge in [-0.2, -0.15) is 0 Å². The van der Waals surface area contributed by atoms with E-state index in [9.17, 15) is 9.90 Å². The summed E-state index contributed by atoms with van der Waals surface area (Å²) in [5.41, 5.74) is 0.522. The van der Waals surface area contributed by atoms with Crippen LogP contribution in [0, 0.1) is 0 Å². The predicted molar refractivity (Wildman–Crippen MR) is 73.1 cm³/mol. The van der Waals surface area contributed by atoms with Crippen LogP contribution in [-0.2, 0) is 4.79 Å². The topological polar surface area (TPSA) is 46.5 Å². The number of hydrogen-bond acceptors (Lipinski definition) is 3. The normalized spacial score (nSPS) is 11.9. The van der Waals surface area contributed by atoms with Crippen LogP contribution in [0.3, 0.4) is 0 Å². The van der Waals surface area contributed by atoms with Crippen molar-refractivity contribution in [3.63, 3.8) is 0 Å². The smallest absolute Gasteiger partial charge is 0.314 e. The molecule has 0 heterocycles. The third-order valence-corrected chi connectivity index (χ3v) is 2.94. The summed E-state index contributed by atoms with van der Waals surface area (Å²) < 4.78 is 5.10. The molecule has 0 aromatic heterocycles. The van der Waals surface area contributed by atoms with Crippen LogP contribution in [0.1, 0.15) is 18.1 Å². The van der Waals surface area contributed by atoms with E-state index < -0.39 is 12.1 Å². The lowest BCUT2D eigenvalue weighted by Gasteiger charge is -2.12. The third-order valence-electron chi connectivity index (χ3n) is 2.60. The lowest BCUT2D eigenvalue weighted by molar-refractivity contribution is -0.136. The van der Waals surface area contributed by atoms with Crippen molar-refractivity contribution in [1.29, 1.82) is 0 Å². The van der Waals surface area contributed by atoms with E-state index in [1.54, 1.807) is 48.5 Å². The average Bonchev–Trinajstić information content (AvgIpc) is 2.40. The minimum atomic E-state index is -0.968. The number of ether oxygens (including phenoxy) is 1. The van der Waals surface area contributed by atoms with Crippen LogP contribution in [0.4, 0.5) is 0 Å². The molecule has 2 rings (SSSR count). The Labute approximate surface area is 116 Å². The van der Waals surface area contributed by atoms with Crippen LogP contribution in [-0.4, -0.2) is 11.1 Å². The Balaban J connectivity index is 1.98. The van der Waals surface area contributed by atoms with Crippen molar-refractivity contribution in [1.82, 2.24) is 0 Å². The van der Waals surface area contributed by atoms with Crippen LogP contribution >= 0.6 is 11.6 Å². The Hall–Kier alpha value is -1.84. The second-order valence-corrected chi connectivity index (χ2v) is 4.44. The molecule has 98 valence electrons. The number of halogens is 1. The van der Waals surface area contributed by atoms with Gasteiger partial charge in [-0.05, 0) is 23.8 Å². The van der Waals surface area contributed by atoms with Gasteiger partial charge in [0.1, 0.15) is 5.75 Å². The van der Waals surface area contributed by atoms with E-state index in [2.05, 4.69) is 0 Å². The number of carbonyl (C=O) groups is 1. The number of aliphatic hydroxyl groups is 1. The van der Waals surface area contributed by atoms with Crippen molar-refractivity contribution < 1.29 is 14.6 Å². The molecule has 0 radical (unpaired) electrons. The van der Waals surface area contributed by atoms with Gasteiger partial charge < -0.3 is 9.84 Å². The maximum Gasteiger partial charge on any atom is 0.314 e. The van der Waals surface area contributed by atoms with Crippen molar-refractivity contribution in [2.75, 3.05) is 0 Å². The number of carbonyl (C=O) groups excluding carboxylic acids is 1. The van der Waals surface area contributed by atoms with E-state index >= 15 is 0 Å². The first-order valence-electron chi connectivity index (χ1n) is 5.85. The molecule has 0 amide bonds. The van der Waals surface area contributed by atoms with Gasteiger partial charge in [-0.3, -0.25) is 4.79 Å². The highest BCUT2D eigenvalue weighted by Gasteiger charge is 2.16. The molecule has 0 unspecified atom stereocenters. The first-order chi connectivity index (χ1) is 9.16. The molecule has 0 aliphatic rings. The second-order valence-electron chi connectivity index (χ2n) is 4.03. The lowest BCUT2D eigenvalue weighted by atomic mass is 10.1. The largest absolute Gasteiger partial charge is 0.426 e. The fourth-order valence-electron chi connectivity index (χ4n) is 1.67. The summed E-state index contributed by atoms with van der Waals surface area (Å²) in [5, 5.41) is 10.4. The highest BCUT2D eigenvalue weighted by atomic mass is 35.5. The molecule has 19 heavy (non-hydrogen) atoms. The molecule has 1 atom stereocenters. The van der Waals surface area contributed by atoms with Crippen LogP contribution in [0.2, 0.25) is 5.02 Å². The van der Waals surface area contributed by atoms with Gasteiger partial charge in [0.2, 0.25) is 0 Å². The average molecular weight is 277 g/mol. The molecular formula is C15H13ClO3. The first-order valence-corrected chi connectivity index (χ1v) is 6.23. The summed E-state index contributed by atoms with van der Waals surface area (Å²) in [6.45, 7) is 0. The van der Waals surface area contributed by atoms with Crippen molar-refractivity contribution >= 4 is 17.6 Å². The van der Waals surface area contributed by atoms with E-state index in [0.29, 0.717) is 16.3 Å². The van der Waals surface area contributed by atoms with Gasteiger partial charge in [-0.1, -0.05) is 48.0 Å². The van der Waals surface area contributed by atoms with E-state index in [-0.39, 0.29) is 6.42 Å². The maximum atomic E-state index is 11.7. The Bertz CT molecular complexity index is 554. The number of hydrogen-bond donors (Lipinski definition) is 1. The summed E-state index contributed by atoms with van der Waals surface area (Å²) in [4.78, 5) is 11.7. The van der Waals surface area contributed by atoms with Gasteiger partial charge >= 0.3 is 5.97 Å². The van der Waals surface area contributed by atoms with E-state index in [0.717, 1.165) is 0 Å². The van der Waals surface area contributed by atoms with Gasteiger partial charge in [0.15, 0.2) is 0 Å². The standard InChI is InChI=1S/C15H13ClO3/c16-13-9-5-4-8-12(13)14(17)10-15(18)19-11-6-2-1-3-7-11/h1-9,14,17H,10H2/t14-/m0/s1. The molecule has 2 aromatic rings. The zero-order chi connectivity index (χ0) is 13.7. The first kappa shape index (κ1) is 13.6. The Morgan fingerprint density at radius 2 is 1.74 bits per heavy atom. The molecule has 0 saturated heterocycles. The third kappa shape index (κ3) is 3.81. The highest BCUT2D eigenvalue weighted by Crippen LogP contribution is 2.25. The van der Waals surface area contributed by atoms with Crippen molar-refractivity contribution in [2.45, 2.75) is 12.5 Å². The molecule has 0 aliphatic carbocycles. The molecule has 0 bridgehead atoms. The van der Waals surface area contributed by atoms with Gasteiger partial charge in [0.25, 0.3) is 0 Å². The van der Waals surface area contributed by atoms with Crippen LogP contribution in [0.5, 0.6) is 5.75 Å². The lowest BCUT2D eigenvalue weighted by Crippen LogP contribution is -2.13. The summed E-state index contributed by atoms with van der Waals surface area (Å²) in [6, 6.07) is 15.6. The van der Waals surface area contributed by atoms with Crippen molar-refractivity contribution in [3.05, 3.63) is 65.2 Å². The highest BCUT2D eigenvalue weighted by molar-refractivity contribution is 6.31. The van der Waals surface area contributed by atoms with Crippen molar-refractivity contribution in [2.24, 2.45) is 0 Å². The molecular weight excluding hydrogens is 264 g/mol. The van der Waals surface area contributed by atoms with Gasteiger partial charge in [-0.25, -0.2) is 0 Å². The monoisotopic (exact) mass is 276 g/mol. The quantitative estimate of drug-likeness (QED) is 0.688. The fraction of sp³-hybridized carbons (Fsp3) is 0.133. The van der Waals surface area contributed by atoms with Crippen molar-refractivity contribution in [3.8, 4) is 5.75 Å². The molecule has 1 N–H and O–H groups in total. The summed E-state index contributed by atoms with van der Waals surface area (Å²) in [7, 11) is 0. The van der Waals surface area contributed by atoms with Gasteiger partial charge in [0.05, 0.1) is 12.5 Å². The molecule has 2 aromatic carbocycles. The van der Waals surface area contributed by atoms with E-state index in [4.69, 9.17) is 16.3 Å². The number of aliphatic hydroxyl groups excluding tert-OH is 1. The zero-order valence-corrected chi connectivity index (χ0v) is 10.9. The predicted octanol–water partition coefficient (Wildman–Crippen LogP) is 3.37. The zero-order valence-electron chi connectivity index (χ0n) is 10.1. The summed E-state index contributed by atoms with van der Waals surface area (Å²) in [5.74, 6) is -0.0440. The second kappa shape index (κ2) is 6.36. The van der Waals surface area contributed by atoms with Crippen LogP contribution < -0.4 is 4.74 Å². The summed E-state index contributed by atoms with van der Waals surface area (Å²) >= 11 is 5.95. The number of benzene rings is 2. The minimum absolute atomic E-state index is 0.140. The number of rotatable bonds is 4. The molecule has 0 spiro atoms. The van der Waals surface area contributed by atoms with Crippen LogP contribution in [0.15, 0.2) is 54.6 Å². The molecule has 0 aliphatic heterocycles. The van der Waals surface area contributed by atoms with Gasteiger partial charge in [0, 0.05) is 5.02 Å². The molecule has 4 heteroatoms. The number of esters is 1. The van der Waals surface area contributed by atoms with Crippen LogP contribution in [0.25, 0.3) is 0 Å². The molecule has 0 saturated carbocycles. The Kier molecular flexibility index (Phi) is 4.55. The fourth-order valence-corrected chi connectivity index (χ4v) is 1.94. The minimum Gasteiger partial charge on any atom is -0.426 e. The molecule has 0 fully saturated rings. The Morgan fingerprint density at radius 1 is 1.11 bits per heavy atom. The van der Waals surface area contributed by atoms with E-state index in [1.165, 1.54) is 0 Å². The summed E-state index contributed by atoms with van der Waals surface area (Å²) in [6.07, 6.45) is -1.11. The molecule has 3 nitrogen and oxygen atoms in total. The maximum absolute atomic E-state index is 11.7. The Morgan fingerprint density at radius 3 is 2.42 bits per heavy atom.